The molecule has 4 saturated carbocycles. The number of carboxylic acids is 1. The van der Waals surface area contributed by atoms with E-state index in [1.165, 1.54) is 11.1 Å². The van der Waals surface area contributed by atoms with E-state index in [1.54, 1.807) is 0 Å². The molecule has 0 saturated heterocycles. The fourth-order valence-corrected chi connectivity index (χ4v) is 10.7. The second kappa shape index (κ2) is 7.00. The van der Waals surface area contributed by atoms with Crippen molar-refractivity contribution in [3.05, 3.63) is 23.8 Å². The van der Waals surface area contributed by atoms with E-state index >= 15 is 0 Å². The Morgan fingerprint density at radius 1 is 1.00 bits per heavy atom. The van der Waals surface area contributed by atoms with Gasteiger partial charge in [0.25, 0.3) is 0 Å². The molecule has 0 unspecified atom stereocenters. The summed E-state index contributed by atoms with van der Waals surface area (Å²) in [7, 11) is 0. The lowest BCUT2D eigenvalue weighted by Gasteiger charge is -2.75. The van der Waals surface area contributed by atoms with Gasteiger partial charge in [-0.25, -0.2) is 0 Å². The van der Waals surface area contributed by atoms with Crippen molar-refractivity contribution in [3.8, 4) is 0 Å². The van der Waals surface area contributed by atoms with Crippen molar-refractivity contribution in [1.29, 1.82) is 0 Å². The van der Waals surface area contributed by atoms with E-state index in [9.17, 15) is 20.1 Å². The van der Waals surface area contributed by atoms with Gasteiger partial charge in [0.2, 0.25) is 0 Å². The quantitative estimate of drug-likeness (QED) is 0.403. The van der Waals surface area contributed by atoms with Crippen molar-refractivity contribution in [1.82, 2.24) is 0 Å². The van der Waals surface area contributed by atoms with Crippen LogP contribution in [0.2, 0.25) is 0 Å². The number of aliphatic carboxylic acids is 1. The first-order chi connectivity index (χ1) is 15.6. The molecule has 5 rings (SSSR count). The maximum absolute atomic E-state index is 12.7. The molecule has 4 heteroatoms. The first kappa shape index (κ1) is 24.6. The van der Waals surface area contributed by atoms with Gasteiger partial charge in [0.05, 0.1) is 17.6 Å². The van der Waals surface area contributed by atoms with E-state index in [0.29, 0.717) is 18.8 Å². The number of hydrogen-bond acceptors (Lipinski definition) is 3. The Morgan fingerprint density at radius 2 is 1.68 bits per heavy atom. The SMILES string of the molecule is C=C1CC[C@]2(C(=O)O)CC[C@]3(C)C(=CC[C@@]4(C)[C@@]3(C)CC[C@H]3C(C)(C)[C@H](O)[C@H](O)C[C@@]34C)[C@@H]2C1. The number of hydrogen-bond donors (Lipinski definition) is 3. The number of aliphatic hydroxyl groups excluding tert-OH is 2. The highest BCUT2D eigenvalue weighted by molar-refractivity contribution is 5.77. The van der Waals surface area contributed by atoms with Crippen LogP contribution in [0.1, 0.15) is 99.3 Å². The van der Waals surface area contributed by atoms with Crippen LogP contribution < -0.4 is 0 Å². The average Bonchev–Trinajstić information content (AvgIpc) is 2.74. The highest BCUT2D eigenvalue weighted by Gasteiger charge is 2.73. The van der Waals surface area contributed by atoms with E-state index in [-0.39, 0.29) is 33.0 Å². The van der Waals surface area contributed by atoms with Crippen molar-refractivity contribution in [2.75, 3.05) is 0 Å². The summed E-state index contributed by atoms with van der Waals surface area (Å²) < 4.78 is 0. The van der Waals surface area contributed by atoms with Gasteiger partial charge in [-0.05, 0) is 90.8 Å². The minimum atomic E-state index is -0.707. The van der Waals surface area contributed by atoms with Crippen LogP contribution >= 0.6 is 0 Å². The van der Waals surface area contributed by atoms with E-state index in [4.69, 9.17) is 0 Å². The number of allylic oxidation sites excluding steroid dienone is 3. The van der Waals surface area contributed by atoms with Gasteiger partial charge in [0.15, 0.2) is 0 Å². The second-order valence-corrected chi connectivity index (χ2v) is 14.4. The number of aliphatic hydroxyl groups is 2. The number of rotatable bonds is 1. The summed E-state index contributed by atoms with van der Waals surface area (Å²) in [5.74, 6) is -0.230. The van der Waals surface area contributed by atoms with Crippen LogP contribution in [0.5, 0.6) is 0 Å². The molecule has 0 aromatic heterocycles. The van der Waals surface area contributed by atoms with E-state index < -0.39 is 23.6 Å². The smallest absolute Gasteiger partial charge is 0.310 e. The Kier molecular flexibility index (Phi) is 5.06. The van der Waals surface area contributed by atoms with Gasteiger partial charge >= 0.3 is 5.97 Å². The van der Waals surface area contributed by atoms with Crippen molar-refractivity contribution in [3.63, 3.8) is 0 Å². The molecular weight excluding hydrogens is 424 g/mol. The molecule has 4 fully saturated rings. The second-order valence-electron chi connectivity index (χ2n) is 14.4. The predicted octanol–water partition coefficient (Wildman–Crippen LogP) is 6.12. The third kappa shape index (κ3) is 2.55. The maximum atomic E-state index is 12.7. The van der Waals surface area contributed by atoms with Crippen LogP contribution in [-0.4, -0.2) is 33.5 Å². The van der Waals surface area contributed by atoms with Crippen molar-refractivity contribution >= 4 is 5.97 Å². The highest BCUT2D eigenvalue weighted by atomic mass is 16.4. The Morgan fingerprint density at radius 3 is 2.32 bits per heavy atom. The third-order valence-electron chi connectivity index (χ3n) is 13.4. The van der Waals surface area contributed by atoms with Crippen molar-refractivity contribution in [2.24, 2.45) is 44.3 Å². The molecular formula is C30H46O4. The molecule has 0 heterocycles. The monoisotopic (exact) mass is 470 g/mol. The van der Waals surface area contributed by atoms with Crippen LogP contribution in [0.4, 0.5) is 0 Å². The zero-order valence-electron chi connectivity index (χ0n) is 22.2. The van der Waals surface area contributed by atoms with Crippen LogP contribution in [0.25, 0.3) is 0 Å². The summed E-state index contributed by atoms with van der Waals surface area (Å²) in [5, 5.41) is 32.4. The Balaban J connectivity index is 1.66. The molecule has 9 atom stereocenters. The first-order valence-electron chi connectivity index (χ1n) is 13.6. The lowest BCUT2D eigenvalue weighted by atomic mass is 9.29. The zero-order valence-corrected chi connectivity index (χ0v) is 22.2. The molecule has 0 bridgehead atoms. The Hall–Kier alpha value is -1.13. The van der Waals surface area contributed by atoms with Crippen molar-refractivity contribution in [2.45, 2.75) is 112 Å². The molecule has 0 radical (unpaired) electrons. The molecule has 5 aliphatic rings. The molecule has 34 heavy (non-hydrogen) atoms. The van der Waals surface area contributed by atoms with Crippen LogP contribution in [-0.2, 0) is 4.79 Å². The molecule has 0 amide bonds. The van der Waals surface area contributed by atoms with E-state index in [2.05, 4.69) is 54.2 Å². The van der Waals surface area contributed by atoms with Gasteiger partial charge in [-0.3, -0.25) is 4.79 Å². The molecule has 0 aliphatic heterocycles. The molecule has 0 aromatic carbocycles. The molecule has 0 aromatic rings. The van der Waals surface area contributed by atoms with Gasteiger partial charge in [-0.2, -0.15) is 0 Å². The average molecular weight is 471 g/mol. The standard InChI is InChI=1S/C30H46O4/c1-18-8-13-30(24(33)34)15-14-26(4)19(20(30)16-18)9-11-29(7)27(5)17-21(31)23(32)25(2,3)22(27)10-12-28(26,29)6/h9,20-23,31-32H,1,8,10-17H2,2-7H3,(H,33,34)/t20-,21+,22-,23+,26+,27-,28-,29+,30-/m0/s1. The minimum Gasteiger partial charge on any atom is -0.481 e. The fraction of sp³-hybridized carbons (Fsp3) is 0.833. The fourth-order valence-electron chi connectivity index (χ4n) is 10.7. The van der Waals surface area contributed by atoms with Crippen LogP contribution in [0.3, 0.4) is 0 Å². The van der Waals surface area contributed by atoms with Gasteiger partial charge in [-0.1, -0.05) is 65.3 Å². The largest absolute Gasteiger partial charge is 0.481 e. The summed E-state index contributed by atoms with van der Waals surface area (Å²) in [5.41, 5.74) is 1.38. The van der Waals surface area contributed by atoms with Gasteiger partial charge in [0, 0.05) is 5.92 Å². The molecule has 190 valence electrons. The Labute approximate surface area is 205 Å². The van der Waals surface area contributed by atoms with Crippen LogP contribution in [0.15, 0.2) is 23.8 Å². The van der Waals surface area contributed by atoms with Crippen molar-refractivity contribution < 1.29 is 20.1 Å². The number of carboxylic acid groups (broad SMARTS) is 1. The van der Waals surface area contributed by atoms with Gasteiger partial charge in [-0.15, -0.1) is 0 Å². The number of fused-ring (bicyclic) bond motifs is 7. The summed E-state index contributed by atoms with van der Waals surface area (Å²) >= 11 is 0. The first-order valence-corrected chi connectivity index (χ1v) is 13.6. The van der Waals surface area contributed by atoms with E-state index in [0.717, 1.165) is 44.9 Å². The summed E-state index contributed by atoms with van der Waals surface area (Å²) in [6.45, 7) is 18.4. The predicted molar refractivity (Wildman–Crippen MR) is 134 cm³/mol. The van der Waals surface area contributed by atoms with Gasteiger partial charge < -0.3 is 15.3 Å². The minimum absolute atomic E-state index is 0.00311. The zero-order chi connectivity index (χ0) is 25.1. The third-order valence-corrected chi connectivity index (χ3v) is 13.4. The van der Waals surface area contributed by atoms with E-state index in [1.807, 2.05) is 0 Å². The molecule has 3 N–H and O–H groups in total. The Bertz CT molecular complexity index is 965. The number of carbonyl (C=O) groups is 1. The molecule has 5 aliphatic carbocycles. The lowest BCUT2D eigenvalue weighted by molar-refractivity contribution is -0.268. The highest BCUT2D eigenvalue weighted by Crippen LogP contribution is 2.79. The summed E-state index contributed by atoms with van der Waals surface area (Å²) in [4.78, 5) is 12.7. The summed E-state index contributed by atoms with van der Waals surface area (Å²) in [6.07, 6.45) is 8.72. The normalized spacial score (nSPS) is 54.1. The van der Waals surface area contributed by atoms with Crippen LogP contribution in [0, 0.1) is 44.3 Å². The van der Waals surface area contributed by atoms with Gasteiger partial charge in [0.1, 0.15) is 0 Å². The summed E-state index contributed by atoms with van der Waals surface area (Å²) in [6, 6.07) is 0. The topological polar surface area (TPSA) is 77.8 Å². The molecule has 4 nitrogen and oxygen atoms in total. The lowest BCUT2D eigenvalue weighted by Crippen LogP contribution is -2.71. The molecule has 0 spiro atoms. The maximum Gasteiger partial charge on any atom is 0.310 e.